The second-order valence-electron chi connectivity index (χ2n) is 4.74. The Labute approximate surface area is 133 Å². The molecular formula is C16H17BrClNO. The van der Waals surface area contributed by atoms with E-state index in [1.807, 2.05) is 18.2 Å². The molecule has 0 aliphatic heterocycles. The van der Waals surface area contributed by atoms with Gasteiger partial charge in [0.25, 0.3) is 0 Å². The molecule has 0 fully saturated rings. The van der Waals surface area contributed by atoms with Crippen LogP contribution in [0.3, 0.4) is 0 Å². The third-order valence-electron chi connectivity index (χ3n) is 3.27. The van der Waals surface area contributed by atoms with Crippen molar-refractivity contribution in [2.75, 3.05) is 12.4 Å². The summed E-state index contributed by atoms with van der Waals surface area (Å²) < 4.78 is 5.18. The van der Waals surface area contributed by atoms with Crippen molar-refractivity contribution in [1.82, 2.24) is 4.98 Å². The van der Waals surface area contributed by atoms with Crippen molar-refractivity contribution >= 4 is 27.5 Å². The summed E-state index contributed by atoms with van der Waals surface area (Å²) in [5, 5.41) is 1.69. The molecule has 0 bridgehead atoms. The van der Waals surface area contributed by atoms with Crippen LogP contribution in [0.2, 0.25) is 5.02 Å². The molecule has 0 amide bonds. The van der Waals surface area contributed by atoms with Crippen LogP contribution in [-0.4, -0.2) is 17.4 Å². The Hall–Kier alpha value is -1.06. The molecular weight excluding hydrogens is 338 g/mol. The van der Waals surface area contributed by atoms with Crippen molar-refractivity contribution in [3.63, 3.8) is 0 Å². The maximum Gasteiger partial charge on any atom is 0.118 e. The van der Waals surface area contributed by atoms with E-state index in [1.165, 1.54) is 5.56 Å². The molecule has 20 heavy (non-hydrogen) atoms. The quantitative estimate of drug-likeness (QED) is 0.711. The summed E-state index contributed by atoms with van der Waals surface area (Å²) in [5.41, 5.74) is 2.46. The number of methoxy groups -OCH3 is 1. The number of rotatable bonds is 6. The first-order valence-corrected chi connectivity index (χ1v) is 8.00. The molecule has 1 atom stereocenters. The Bertz CT molecular complexity index is 544. The van der Waals surface area contributed by atoms with Crippen LogP contribution >= 0.6 is 27.5 Å². The van der Waals surface area contributed by atoms with Gasteiger partial charge in [-0.2, -0.15) is 0 Å². The minimum absolute atomic E-state index is 0.503. The lowest BCUT2D eigenvalue weighted by atomic mass is 9.94. The van der Waals surface area contributed by atoms with E-state index in [4.69, 9.17) is 16.3 Å². The van der Waals surface area contributed by atoms with Crippen molar-refractivity contribution in [1.29, 1.82) is 0 Å². The lowest BCUT2D eigenvalue weighted by Crippen LogP contribution is -2.10. The number of benzene rings is 1. The van der Waals surface area contributed by atoms with E-state index < -0.39 is 0 Å². The number of pyridine rings is 1. The van der Waals surface area contributed by atoms with E-state index in [2.05, 4.69) is 33.0 Å². The van der Waals surface area contributed by atoms with Crippen LogP contribution in [0.4, 0.5) is 0 Å². The number of hydrogen-bond acceptors (Lipinski definition) is 2. The van der Waals surface area contributed by atoms with E-state index in [9.17, 15) is 0 Å². The van der Waals surface area contributed by atoms with Gasteiger partial charge in [0, 0.05) is 17.7 Å². The summed E-state index contributed by atoms with van der Waals surface area (Å²) >= 11 is 9.77. The van der Waals surface area contributed by atoms with Crippen LogP contribution in [0.25, 0.3) is 0 Å². The molecule has 0 saturated carbocycles. The van der Waals surface area contributed by atoms with Gasteiger partial charge < -0.3 is 4.74 Å². The number of aromatic nitrogens is 1. The molecule has 1 unspecified atom stereocenters. The molecule has 0 saturated heterocycles. The van der Waals surface area contributed by atoms with Gasteiger partial charge >= 0.3 is 0 Å². The molecule has 2 rings (SSSR count). The predicted molar refractivity (Wildman–Crippen MR) is 86.9 cm³/mol. The highest BCUT2D eigenvalue weighted by Crippen LogP contribution is 2.22. The molecule has 4 heteroatoms. The van der Waals surface area contributed by atoms with Gasteiger partial charge in [0.05, 0.1) is 12.1 Å². The van der Waals surface area contributed by atoms with Crippen LogP contribution in [0.15, 0.2) is 42.7 Å². The van der Waals surface area contributed by atoms with Crippen LogP contribution in [0.1, 0.15) is 11.1 Å². The second kappa shape index (κ2) is 7.65. The zero-order valence-electron chi connectivity index (χ0n) is 11.4. The minimum atomic E-state index is 0.503. The lowest BCUT2D eigenvalue weighted by Gasteiger charge is -2.15. The summed E-state index contributed by atoms with van der Waals surface area (Å²) in [6.45, 7) is 0. The molecule has 1 heterocycles. The first-order chi connectivity index (χ1) is 9.72. The predicted octanol–water partition coefficient (Wildman–Crippen LogP) is 4.54. The Morgan fingerprint density at radius 2 is 1.95 bits per heavy atom. The van der Waals surface area contributed by atoms with Crippen molar-refractivity contribution in [3.8, 4) is 5.75 Å². The normalized spacial score (nSPS) is 12.2. The van der Waals surface area contributed by atoms with Crippen molar-refractivity contribution in [2.24, 2.45) is 5.92 Å². The SMILES string of the molecule is COc1ccc(CC(CBr)Cc2ccncc2Cl)cc1. The van der Waals surface area contributed by atoms with Crippen LogP contribution in [0, 0.1) is 5.92 Å². The standard InChI is InChI=1S/C16H17BrClNO/c1-20-15-4-2-12(3-5-15)8-13(10-17)9-14-6-7-19-11-16(14)18/h2-7,11,13H,8-10H2,1H3. The summed E-state index contributed by atoms with van der Waals surface area (Å²) in [6.07, 6.45) is 5.45. The van der Waals surface area contributed by atoms with Gasteiger partial charge in [0.2, 0.25) is 0 Å². The maximum atomic E-state index is 6.17. The Morgan fingerprint density at radius 3 is 2.55 bits per heavy atom. The van der Waals surface area contributed by atoms with E-state index in [0.29, 0.717) is 5.92 Å². The average Bonchev–Trinajstić information content (AvgIpc) is 2.49. The second-order valence-corrected chi connectivity index (χ2v) is 5.80. The zero-order chi connectivity index (χ0) is 14.4. The summed E-state index contributed by atoms with van der Waals surface area (Å²) in [7, 11) is 1.68. The Balaban J connectivity index is 2.03. The summed E-state index contributed by atoms with van der Waals surface area (Å²) in [4.78, 5) is 4.02. The van der Waals surface area contributed by atoms with E-state index in [-0.39, 0.29) is 0 Å². The molecule has 2 nitrogen and oxygen atoms in total. The molecule has 0 radical (unpaired) electrons. The monoisotopic (exact) mass is 353 g/mol. The molecule has 1 aromatic heterocycles. The fraction of sp³-hybridized carbons (Fsp3) is 0.312. The van der Waals surface area contributed by atoms with Gasteiger partial charge in [0.1, 0.15) is 5.75 Å². The molecule has 0 aliphatic carbocycles. The number of alkyl halides is 1. The van der Waals surface area contributed by atoms with Crippen molar-refractivity contribution < 1.29 is 4.74 Å². The van der Waals surface area contributed by atoms with Gasteiger partial charge in [-0.15, -0.1) is 0 Å². The van der Waals surface area contributed by atoms with Crippen molar-refractivity contribution in [2.45, 2.75) is 12.8 Å². The fourth-order valence-corrected chi connectivity index (χ4v) is 2.81. The highest BCUT2D eigenvalue weighted by molar-refractivity contribution is 9.09. The smallest absolute Gasteiger partial charge is 0.118 e. The molecule has 0 spiro atoms. The first-order valence-electron chi connectivity index (χ1n) is 6.50. The van der Waals surface area contributed by atoms with Gasteiger partial charge in [-0.3, -0.25) is 4.98 Å². The number of nitrogens with zero attached hydrogens (tertiary/aromatic N) is 1. The molecule has 1 aromatic carbocycles. The lowest BCUT2D eigenvalue weighted by molar-refractivity contribution is 0.414. The third-order valence-corrected chi connectivity index (χ3v) is 4.52. The van der Waals surface area contributed by atoms with E-state index in [0.717, 1.165) is 34.5 Å². The van der Waals surface area contributed by atoms with Crippen LogP contribution in [-0.2, 0) is 12.8 Å². The van der Waals surface area contributed by atoms with E-state index >= 15 is 0 Å². The van der Waals surface area contributed by atoms with Gasteiger partial charge in [-0.05, 0) is 48.1 Å². The maximum absolute atomic E-state index is 6.17. The topological polar surface area (TPSA) is 22.1 Å². The number of ether oxygens (including phenoxy) is 1. The summed E-state index contributed by atoms with van der Waals surface area (Å²) in [6, 6.07) is 10.2. The molecule has 0 aliphatic rings. The van der Waals surface area contributed by atoms with E-state index in [1.54, 1.807) is 19.5 Å². The highest BCUT2D eigenvalue weighted by atomic mass is 79.9. The minimum Gasteiger partial charge on any atom is -0.497 e. The molecule has 0 N–H and O–H groups in total. The molecule has 106 valence electrons. The average molecular weight is 355 g/mol. The largest absolute Gasteiger partial charge is 0.497 e. The number of hydrogen-bond donors (Lipinski definition) is 0. The Kier molecular flexibility index (Phi) is 5.86. The van der Waals surface area contributed by atoms with Crippen molar-refractivity contribution in [3.05, 3.63) is 58.9 Å². The third kappa shape index (κ3) is 4.22. The zero-order valence-corrected chi connectivity index (χ0v) is 13.7. The van der Waals surface area contributed by atoms with Crippen LogP contribution in [0.5, 0.6) is 5.75 Å². The fourth-order valence-electron chi connectivity index (χ4n) is 2.16. The Morgan fingerprint density at radius 1 is 1.20 bits per heavy atom. The molecule has 2 aromatic rings. The summed E-state index contributed by atoms with van der Waals surface area (Å²) in [5.74, 6) is 1.39. The first kappa shape index (κ1) is 15.3. The van der Waals surface area contributed by atoms with Gasteiger partial charge in [0.15, 0.2) is 0 Å². The van der Waals surface area contributed by atoms with Crippen LogP contribution < -0.4 is 4.74 Å². The van der Waals surface area contributed by atoms with Gasteiger partial charge in [-0.1, -0.05) is 39.7 Å². The highest BCUT2D eigenvalue weighted by Gasteiger charge is 2.11. The van der Waals surface area contributed by atoms with Gasteiger partial charge in [-0.25, -0.2) is 0 Å². The number of halogens is 2.